The van der Waals surface area contributed by atoms with E-state index in [4.69, 9.17) is 9.47 Å². The molecule has 5 nitrogen and oxygen atoms in total. The second kappa shape index (κ2) is 10.4. The third kappa shape index (κ3) is 4.67. The van der Waals surface area contributed by atoms with E-state index in [0.717, 1.165) is 25.9 Å². The van der Waals surface area contributed by atoms with Crippen molar-refractivity contribution in [3.8, 4) is 11.5 Å². The van der Waals surface area contributed by atoms with Crippen LogP contribution in [0, 0.1) is 0 Å². The van der Waals surface area contributed by atoms with Gasteiger partial charge in [-0.2, -0.15) is 0 Å². The maximum atomic E-state index is 13.2. The quantitative estimate of drug-likeness (QED) is 0.374. The number of nitrogens with zero attached hydrogens (tertiary/aromatic N) is 1. The Labute approximate surface area is 213 Å². The molecule has 0 spiro atoms. The highest BCUT2D eigenvalue weighted by molar-refractivity contribution is 5.96. The van der Waals surface area contributed by atoms with E-state index >= 15 is 0 Å². The fourth-order valence-electron chi connectivity index (χ4n) is 5.21. The van der Waals surface area contributed by atoms with Gasteiger partial charge in [0, 0.05) is 18.3 Å². The van der Waals surface area contributed by atoms with Crippen molar-refractivity contribution in [3.05, 3.63) is 94.6 Å². The number of nitrogens with one attached hydrogen (secondary N) is 1. The fourth-order valence-corrected chi connectivity index (χ4v) is 5.21. The van der Waals surface area contributed by atoms with Crippen molar-refractivity contribution in [2.45, 2.75) is 25.8 Å². The molecule has 1 fully saturated rings. The molecule has 3 aromatic rings. The minimum absolute atomic E-state index is 0.0307. The molecule has 1 N–H and O–H groups in total. The fraction of sp³-hybridized carbons (Fsp3) is 0.258. The number of carbonyl (C=O) groups excluding carboxylic acids is 1. The number of likely N-dealkylation sites (tertiary alicyclic amines) is 1. The Morgan fingerprint density at radius 2 is 1.53 bits per heavy atom. The van der Waals surface area contributed by atoms with E-state index in [-0.39, 0.29) is 11.9 Å². The molecule has 1 heterocycles. The minimum atomic E-state index is -0.275. The van der Waals surface area contributed by atoms with Gasteiger partial charge in [0.2, 0.25) is 5.91 Å². The molecule has 1 atom stereocenters. The number of rotatable bonds is 5. The number of piperidine rings is 1. The van der Waals surface area contributed by atoms with Crippen molar-refractivity contribution in [1.82, 2.24) is 4.90 Å². The highest BCUT2D eigenvalue weighted by atomic mass is 16.5. The molecule has 5 rings (SSSR count). The minimum Gasteiger partial charge on any atom is -0.493 e. The summed E-state index contributed by atoms with van der Waals surface area (Å²) < 4.78 is 10.7. The number of anilines is 1. The summed E-state index contributed by atoms with van der Waals surface area (Å²) in [5, 5.41) is 3.06. The molecule has 1 saturated heterocycles. The van der Waals surface area contributed by atoms with E-state index < -0.39 is 0 Å². The van der Waals surface area contributed by atoms with E-state index in [9.17, 15) is 4.79 Å². The number of hydrogen-bond acceptors (Lipinski definition) is 4. The molecule has 1 aliphatic heterocycles. The van der Waals surface area contributed by atoms with Crippen molar-refractivity contribution in [3.63, 3.8) is 0 Å². The van der Waals surface area contributed by atoms with Crippen LogP contribution in [0.2, 0.25) is 0 Å². The first kappa shape index (κ1) is 23.9. The Kier molecular flexibility index (Phi) is 6.92. The molecule has 36 heavy (non-hydrogen) atoms. The van der Waals surface area contributed by atoms with Crippen LogP contribution in [-0.2, 0) is 4.79 Å². The first-order chi connectivity index (χ1) is 17.6. The van der Waals surface area contributed by atoms with E-state index in [0.29, 0.717) is 17.2 Å². The molecule has 1 aliphatic carbocycles. The molecule has 5 heteroatoms. The maximum absolute atomic E-state index is 13.2. The number of amides is 1. The van der Waals surface area contributed by atoms with Crippen LogP contribution in [0.1, 0.15) is 42.0 Å². The summed E-state index contributed by atoms with van der Waals surface area (Å²) in [5.74, 6) is 1.19. The van der Waals surface area contributed by atoms with Gasteiger partial charge in [0.25, 0.3) is 0 Å². The summed E-state index contributed by atoms with van der Waals surface area (Å²) in [6, 6.07) is 22.4. The van der Waals surface area contributed by atoms with Crippen LogP contribution in [0.3, 0.4) is 0 Å². The average molecular weight is 481 g/mol. The summed E-state index contributed by atoms with van der Waals surface area (Å²) >= 11 is 0. The van der Waals surface area contributed by atoms with Crippen LogP contribution in [0.25, 0.3) is 17.7 Å². The Hall–Kier alpha value is -3.83. The second-order valence-corrected chi connectivity index (χ2v) is 9.30. The predicted molar refractivity (Wildman–Crippen MR) is 146 cm³/mol. The van der Waals surface area contributed by atoms with Gasteiger partial charge in [0.15, 0.2) is 11.5 Å². The smallest absolute Gasteiger partial charge is 0.241 e. The predicted octanol–water partition coefficient (Wildman–Crippen LogP) is 6.11. The first-order valence-electron chi connectivity index (χ1n) is 12.4. The number of fused-ring (bicyclic) bond motifs is 2. The Bertz CT molecular complexity index is 1290. The molecule has 3 aromatic carbocycles. The number of methoxy groups -OCH3 is 2. The lowest BCUT2D eigenvalue weighted by Gasteiger charge is -2.34. The topological polar surface area (TPSA) is 50.8 Å². The van der Waals surface area contributed by atoms with Gasteiger partial charge in [-0.05, 0) is 71.8 Å². The van der Waals surface area contributed by atoms with Crippen LogP contribution < -0.4 is 14.8 Å². The van der Waals surface area contributed by atoms with Crippen LogP contribution in [-0.4, -0.2) is 44.2 Å². The number of carbonyl (C=O) groups is 1. The average Bonchev–Trinajstić information content (AvgIpc) is 3.09. The molecular formula is C31H32N2O3. The van der Waals surface area contributed by atoms with Crippen molar-refractivity contribution in [2.24, 2.45) is 0 Å². The van der Waals surface area contributed by atoms with Crippen molar-refractivity contribution < 1.29 is 14.3 Å². The zero-order valence-electron chi connectivity index (χ0n) is 21.1. The molecule has 184 valence electrons. The third-order valence-electron chi connectivity index (χ3n) is 7.15. The lowest BCUT2D eigenvalue weighted by Crippen LogP contribution is -2.45. The van der Waals surface area contributed by atoms with Gasteiger partial charge in [0.1, 0.15) is 0 Å². The maximum Gasteiger partial charge on any atom is 0.241 e. The van der Waals surface area contributed by atoms with Gasteiger partial charge in [-0.25, -0.2) is 0 Å². The highest BCUT2D eigenvalue weighted by Gasteiger charge is 2.28. The second-order valence-electron chi connectivity index (χ2n) is 9.30. The summed E-state index contributed by atoms with van der Waals surface area (Å²) in [4.78, 5) is 15.5. The normalized spacial score (nSPS) is 16.0. The van der Waals surface area contributed by atoms with Crippen LogP contribution in [0.5, 0.6) is 11.5 Å². The molecule has 2 aliphatic rings. The van der Waals surface area contributed by atoms with Crippen molar-refractivity contribution in [2.75, 3.05) is 32.6 Å². The molecule has 0 bridgehead atoms. The zero-order chi connectivity index (χ0) is 25.1. The van der Waals surface area contributed by atoms with E-state index in [1.165, 1.54) is 33.4 Å². The molecular weight excluding hydrogens is 448 g/mol. The van der Waals surface area contributed by atoms with Gasteiger partial charge in [0.05, 0.1) is 20.3 Å². The molecule has 0 aromatic heterocycles. The van der Waals surface area contributed by atoms with E-state index in [1.807, 2.05) is 13.0 Å². The standard InChI is InChI=1S/C31H32N2O3/c1-21(31(34)32-25-16-17-28(35-2)29(19-25)36-3)33-18-8-11-24(20-33)30-26-12-6-4-9-22(26)14-15-23-10-5-7-13-27(23)30/h4-7,9-10,12-17,19,21H,8,11,18,20H2,1-3H3,(H,32,34). The molecule has 0 radical (unpaired) electrons. The van der Waals surface area contributed by atoms with Gasteiger partial charge >= 0.3 is 0 Å². The van der Waals surface area contributed by atoms with Crippen LogP contribution in [0.15, 0.2) is 72.3 Å². The van der Waals surface area contributed by atoms with Gasteiger partial charge < -0.3 is 14.8 Å². The summed E-state index contributed by atoms with van der Waals surface area (Å²) in [7, 11) is 3.19. The van der Waals surface area contributed by atoms with Crippen LogP contribution in [0.4, 0.5) is 5.69 Å². The highest BCUT2D eigenvalue weighted by Crippen LogP contribution is 2.38. The van der Waals surface area contributed by atoms with Gasteiger partial charge in [-0.3, -0.25) is 9.69 Å². The Morgan fingerprint density at radius 1 is 0.889 bits per heavy atom. The lowest BCUT2D eigenvalue weighted by atomic mass is 9.86. The monoisotopic (exact) mass is 480 g/mol. The van der Waals surface area contributed by atoms with Gasteiger partial charge in [-0.15, -0.1) is 0 Å². The number of ether oxygens (including phenoxy) is 2. The first-order valence-corrected chi connectivity index (χ1v) is 12.4. The van der Waals surface area contributed by atoms with Gasteiger partial charge in [-0.1, -0.05) is 60.7 Å². The molecule has 1 amide bonds. The molecule has 1 unspecified atom stereocenters. The van der Waals surface area contributed by atoms with Crippen molar-refractivity contribution >= 4 is 29.3 Å². The SMILES string of the molecule is COc1ccc(NC(=O)C(C)N2CCCC(=C3c4ccccc4C=Cc4ccccc43)C2)cc1OC. The lowest BCUT2D eigenvalue weighted by molar-refractivity contribution is -0.120. The van der Waals surface area contributed by atoms with E-state index in [1.54, 1.807) is 26.4 Å². The molecule has 0 saturated carbocycles. The van der Waals surface area contributed by atoms with Crippen molar-refractivity contribution in [1.29, 1.82) is 0 Å². The largest absolute Gasteiger partial charge is 0.493 e. The Balaban J connectivity index is 1.43. The van der Waals surface area contributed by atoms with Crippen LogP contribution >= 0.6 is 0 Å². The zero-order valence-corrected chi connectivity index (χ0v) is 21.1. The number of benzene rings is 3. The Morgan fingerprint density at radius 3 is 2.17 bits per heavy atom. The number of hydrogen-bond donors (Lipinski definition) is 1. The summed E-state index contributed by atoms with van der Waals surface area (Å²) in [5.41, 5.74) is 8.37. The van der Waals surface area contributed by atoms with E-state index in [2.05, 4.69) is 70.9 Å². The summed E-state index contributed by atoms with van der Waals surface area (Å²) in [6.45, 7) is 3.64. The summed E-state index contributed by atoms with van der Waals surface area (Å²) in [6.07, 6.45) is 6.46. The third-order valence-corrected chi connectivity index (χ3v) is 7.15.